The van der Waals surface area contributed by atoms with E-state index in [2.05, 4.69) is 43.2 Å². The predicted octanol–water partition coefficient (Wildman–Crippen LogP) is -1.54. The van der Waals surface area contributed by atoms with E-state index in [1.54, 1.807) is 0 Å². The standard InChI is InChI=1S/C9H17N3O3S3/c10-7(13)4(1-16)5(2-17)9(15)12-6(3-18)8(11)14/h4-6,16-18H,1-3H2,(H2,10,13)(H2,11,14)(H,12,15)/t4?,5-,6+/m0/s1. The van der Waals surface area contributed by atoms with Gasteiger partial charge in [-0.2, -0.15) is 37.9 Å². The van der Waals surface area contributed by atoms with Crippen LogP contribution >= 0.6 is 37.9 Å². The highest BCUT2D eigenvalue weighted by Crippen LogP contribution is 2.16. The van der Waals surface area contributed by atoms with Gasteiger partial charge in [-0.05, 0) is 0 Å². The molecule has 3 amide bonds. The van der Waals surface area contributed by atoms with Crippen molar-refractivity contribution in [1.29, 1.82) is 0 Å². The second-order valence-electron chi connectivity index (χ2n) is 3.63. The first-order valence-corrected chi connectivity index (χ1v) is 7.00. The van der Waals surface area contributed by atoms with Crippen molar-refractivity contribution in [2.75, 3.05) is 17.3 Å². The monoisotopic (exact) mass is 311 g/mol. The van der Waals surface area contributed by atoms with Crippen LogP contribution in [0, 0.1) is 11.8 Å². The normalized spacial score (nSPS) is 15.5. The Balaban J connectivity index is 4.80. The van der Waals surface area contributed by atoms with Crippen molar-refractivity contribution < 1.29 is 14.4 Å². The highest BCUT2D eigenvalue weighted by Gasteiger charge is 2.32. The number of thiol groups is 3. The first-order chi connectivity index (χ1) is 8.38. The molecular formula is C9H17N3O3S3. The number of amides is 3. The average molecular weight is 311 g/mol. The fourth-order valence-electron chi connectivity index (χ4n) is 1.29. The molecule has 0 heterocycles. The minimum atomic E-state index is -0.892. The van der Waals surface area contributed by atoms with Crippen molar-refractivity contribution in [1.82, 2.24) is 5.32 Å². The molecule has 0 aromatic rings. The molecule has 6 nitrogen and oxygen atoms in total. The van der Waals surface area contributed by atoms with E-state index in [0.717, 1.165) is 0 Å². The average Bonchev–Trinajstić information content (AvgIpc) is 2.31. The Hall–Kier alpha value is -0.540. The molecular weight excluding hydrogens is 294 g/mol. The van der Waals surface area contributed by atoms with E-state index in [-0.39, 0.29) is 17.3 Å². The second kappa shape index (κ2) is 8.54. The summed E-state index contributed by atoms with van der Waals surface area (Å²) in [5.41, 5.74) is 10.3. The van der Waals surface area contributed by atoms with E-state index in [1.165, 1.54) is 0 Å². The molecule has 0 aliphatic heterocycles. The van der Waals surface area contributed by atoms with Gasteiger partial charge in [-0.3, -0.25) is 14.4 Å². The summed E-state index contributed by atoms with van der Waals surface area (Å²) in [4.78, 5) is 34.1. The molecule has 0 fully saturated rings. The number of carbonyl (C=O) groups is 3. The third-order valence-electron chi connectivity index (χ3n) is 2.42. The minimum absolute atomic E-state index is 0.0719. The summed E-state index contributed by atoms with van der Waals surface area (Å²) in [6.07, 6.45) is 0. The zero-order valence-electron chi connectivity index (χ0n) is 9.57. The third kappa shape index (κ3) is 4.99. The number of primary amides is 2. The molecule has 0 saturated heterocycles. The van der Waals surface area contributed by atoms with Gasteiger partial charge in [0.1, 0.15) is 6.04 Å². The molecule has 3 atom stereocenters. The van der Waals surface area contributed by atoms with Gasteiger partial charge in [-0.25, -0.2) is 0 Å². The van der Waals surface area contributed by atoms with E-state index in [1.807, 2.05) is 0 Å². The van der Waals surface area contributed by atoms with Crippen molar-refractivity contribution in [3.05, 3.63) is 0 Å². The fraction of sp³-hybridized carbons (Fsp3) is 0.667. The fourth-order valence-corrected chi connectivity index (χ4v) is 2.42. The smallest absolute Gasteiger partial charge is 0.240 e. The summed E-state index contributed by atoms with van der Waals surface area (Å²) in [5.74, 6) is -3.06. The molecule has 0 aliphatic rings. The van der Waals surface area contributed by atoms with Gasteiger partial charge >= 0.3 is 0 Å². The number of nitrogens with two attached hydrogens (primary N) is 2. The molecule has 0 aromatic heterocycles. The van der Waals surface area contributed by atoms with Gasteiger partial charge in [0.25, 0.3) is 0 Å². The molecule has 0 rings (SSSR count). The van der Waals surface area contributed by atoms with E-state index >= 15 is 0 Å². The summed E-state index contributed by atoms with van der Waals surface area (Å²) in [5, 5.41) is 2.41. The van der Waals surface area contributed by atoms with Gasteiger partial charge in [0, 0.05) is 17.3 Å². The topological polar surface area (TPSA) is 115 Å². The number of carbonyl (C=O) groups excluding carboxylic acids is 3. The highest BCUT2D eigenvalue weighted by atomic mass is 32.1. The number of nitrogens with one attached hydrogen (secondary N) is 1. The van der Waals surface area contributed by atoms with Crippen LogP contribution < -0.4 is 16.8 Å². The molecule has 0 saturated carbocycles. The molecule has 9 heteroatoms. The maximum atomic E-state index is 11.9. The lowest BCUT2D eigenvalue weighted by Gasteiger charge is -2.23. The van der Waals surface area contributed by atoms with Gasteiger partial charge in [-0.15, -0.1) is 0 Å². The van der Waals surface area contributed by atoms with Crippen LogP contribution in [0.25, 0.3) is 0 Å². The van der Waals surface area contributed by atoms with Gasteiger partial charge < -0.3 is 16.8 Å². The molecule has 0 spiro atoms. The van der Waals surface area contributed by atoms with Crippen molar-refractivity contribution in [2.24, 2.45) is 23.3 Å². The van der Waals surface area contributed by atoms with Crippen LogP contribution in [-0.2, 0) is 14.4 Å². The third-order valence-corrected chi connectivity index (χ3v) is 3.58. The van der Waals surface area contributed by atoms with Gasteiger partial charge in [0.05, 0.1) is 11.8 Å². The van der Waals surface area contributed by atoms with Crippen molar-refractivity contribution in [3.8, 4) is 0 Å². The molecule has 5 N–H and O–H groups in total. The Labute approximate surface area is 122 Å². The quantitative estimate of drug-likeness (QED) is 0.305. The minimum Gasteiger partial charge on any atom is -0.369 e. The summed E-state index contributed by atoms with van der Waals surface area (Å²) >= 11 is 11.9. The summed E-state index contributed by atoms with van der Waals surface area (Å²) in [7, 11) is 0. The predicted molar refractivity (Wildman–Crippen MR) is 78.9 cm³/mol. The van der Waals surface area contributed by atoms with Crippen LogP contribution in [0.4, 0.5) is 0 Å². The van der Waals surface area contributed by atoms with Gasteiger partial charge in [0.15, 0.2) is 0 Å². The molecule has 18 heavy (non-hydrogen) atoms. The lowest BCUT2D eigenvalue weighted by molar-refractivity contribution is -0.133. The van der Waals surface area contributed by atoms with Gasteiger partial charge in [0.2, 0.25) is 17.7 Å². The molecule has 1 unspecified atom stereocenters. The Morgan fingerprint density at radius 1 is 0.889 bits per heavy atom. The number of hydrogen-bond donors (Lipinski definition) is 6. The van der Waals surface area contributed by atoms with Crippen LogP contribution in [0.3, 0.4) is 0 Å². The number of hydrogen-bond acceptors (Lipinski definition) is 6. The van der Waals surface area contributed by atoms with E-state index in [0.29, 0.717) is 0 Å². The lowest BCUT2D eigenvalue weighted by Crippen LogP contribution is -2.50. The Bertz CT molecular complexity index is 327. The zero-order valence-corrected chi connectivity index (χ0v) is 12.3. The van der Waals surface area contributed by atoms with Crippen molar-refractivity contribution in [3.63, 3.8) is 0 Å². The molecule has 0 aromatic carbocycles. The lowest BCUT2D eigenvalue weighted by atomic mass is 9.93. The van der Waals surface area contributed by atoms with Crippen LogP contribution in [0.5, 0.6) is 0 Å². The van der Waals surface area contributed by atoms with E-state index in [9.17, 15) is 14.4 Å². The first kappa shape index (κ1) is 17.5. The van der Waals surface area contributed by atoms with E-state index < -0.39 is 35.6 Å². The summed E-state index contributed by atoms with van der Waals surface area (Å²) in [6.45, 7) is 0. The molecule has 0 aliphatic carbocycles. The largest absolute Gasteiger partial charge is 0.369 e. The van der Waals surface area contributed by atoms with E-state index in [4.69, 9.17) is 11.5 Å². The van der Waals surface area contributed by atoms with Crippen LogP contribution in [0.2, 0.25) is 0 Å². The summed E-state index contributed by atoms with van der Waals surface area (Å²) < 4.78 is 0. The van der Waals surface area contributed by atoms with Crippen LogP contribution in [0.15, 0.2) is 0 Å². The highest BCUT2D eigenvalue weighted by molar-refractivity contribution is 7.80. The Morgan fingerprint density at radius 2 is 1.39 bits per heavy atom. The maximum Gasteiger partial charge on any atom is 0.240 e. The van der Waals surface area contributed by atoms with Crippen LogP contribution in [-0.4, -0.2) is 41.0 Å². The second-order valence-corrected chi connectivity index (χ2v) is 4.72. The summed E-state index contributed by atoms with van der Waals surface area (Å²) in [6, 6.07) is -0.892. The molecule has 0 radical (unpaired) electrons. The SMILES string of the molecule is NC(=O)C(CS)[C@H](CS)C(=O)N[C@H](CS)C(N)=O. The van der Waals surface area contributed by atoms with Crippen molar-refractivity contribution in [2.45, 2.75) is 6.04 Å². The maximum absolute atomic E-state index is 11.9. The van der Waals surface area contributed by atoms with Crippen LogP contribution in [0.1, 0.15) is 0 Å². The first-order valence-electron chi connectivity index (χ1n) is 5.10. The Kier molecular flexibility index (Phi) is 8.29. The number of rotatable bonds is 8. The molecule has 104 valence electrons. The zero-order chi connectivity index (χ0) is 14.3. The Morgan fingerprint density at radius 3 is 1.67 bits per heavy atom. The van der Waals surface area contributed by atoms with Crippen molar-refractivity contribution >= 4 is 55.6 Å². The van der Waals surface area contributed by atoms with Gasteiger partial charge in [-0.1, -0.05) is 0 Å². The molecule has 0 bridgehead atoms.